The highest BCUT2D eigenvalue weighted by molar-refractivity contribution is 7.86. The largest absolute Gasteiger partial charge is 0.487 e. The summed E-state index contributed by atoms with van der Waals surface area (Å²) in [5.74, 6) is -1.65. The molecule has 1 saturated carbocycles. The van der Waals surface area contributed by atoms with Gasteiger partial charge in [0.2, 0.25) is 0 Å². The van der Waals surface area contributed by atoms with Crippen molar-refractivity contribution in [3.8, 4) is 5.75 Å². The molecule has 1 aliphatic carbocycles. The summed E-state index contributed by atoms with van der Waals surface area (Å²) in [6.07, 6.45) is 5.04. The highest BCUT2D eigenvalue weighted by Crippen LogP contribution is 2.33. The van der Waals surface area contributed by atoms with Crippen LogP contribution in [0, 0.1) is 5.92 Å². The summed E-state index contributed by atoms with van der Waals surface area (Å²) < 4.78 is 44.6. The summed E-state index contributed by atoms with van der Waals surface area (Å²) in [5, 5.41) is 10.6. The van der Waals surface area contributed by atoms with Crippen LogP contribution in [0.15, 0.2) is 24.3 Å². The molecule has 1 unspecified atom stereocenters. The molecule has 1 saturated heterocycles. The van der Waals surface area contributed by atoms with Gasteiger partial charge in [-0.15, -0.1) is 0 Å². The molecule has 2 aliphatic heterocycles. The van der Waals surface area contributed by atoms with Gasteiger partial charge in [-0.25, -0.2) is 8.78 Å². The lowest BCUT2D eigenvalue weighted by Gasteiger charge is -2.26. The number of halogens is 2. The van der Waals surface area contributed by atoms with Crippen LogP contribution < -0.4 is 15.4 Å². The van der Waals surface area contributed by atoms with Crippen molar-refractivity contribution >= 4 is 22.6 Å². The zero-order chi connectivity index (χ0) is 26.2. The summed E-state index contributed by atoms with van der Waals surface area (Å²) in [7, 11) is -0.889. The van der Waals surface area contributed by atoms with Crippen LogP contribution in [0.3, 0.4) is 0 Å². The lowest BCUT2D eigenvalue weighted by Crippen LogP contribution is -2.51. The number of amides is 2. The first-order valence-corrected chi connectivity index (χ1v) is 14.3. The Morgan fingerprint density at radius 3 is 2.78 bits per heavy atom. The number of benzene rings is 1. The monoisotopic (exact) mass is 534 g/mol. The fourth-order valence-corrected chi connectivity index (χ4v) is 5.76. The van der Waals surface area contributed by atoms with Crippen molar-refractivity contribution in [2.45, 2.75) is 70.0 Å². The quantitative estimate of drug-likeness (QED) is 0.462. The second-order valence-electron chi connectivity index (χ2n) is 10.5. The summed E-state index contributed by atoms with van der Waals surface area (Å²) >= 11 is 0. The maximum Gasteiger partial charge on any atom is 0.278 e. The number of aryl methyl sites for hydroxylation is 2. The molecule has 1 aromatic heterocycles. The molecule has 11 heteroatoms. The van der Waals surface area contributed by atoms with Crippen molar-refractivity contribution in [1.29, 1.82) is 0 Å². The Morgan fingerprint density at radius 2 is 2.08 bits per heavy atom. The van der Waals surface area contributed by atoms with Crippen LogP contribution in [0.5, 0.6) is 5.75 Å². The van der Waals surface area contributed by atoms with E-state index < -0.39 is 23.3 Å². The molecule has 8 nitrogen and oxygen atoms in total. The van der Waals surface area contributed by atoms with E-state index >= 15 is 0 Å². The van der Waals surface area contributed by atoms with Crippen molar-refractivity contribution in [3.63, 3.8) is 0 Å². The second kappa shape index (κ2) is 10.5. The highest BCUT2D eigenvalue weighted by Gasteiger charge is 2.36. The minimum Gasteiger partial charge on any atom is -0.487 e. The smallest absolute Gasteiger partial charge is 0.278 e. The molecule has 3 heterocycles. The average Bonchev–Trinajstić information content (AvgIpc) is 3.58. The third-order valence-corrected chi connectivity index (χ3v) is 8.52. The first kappa shape index (κ1) is 25.8. The molecule has 37 heavy (non-hydrogen) atoms. The molecule has 3 aliphatic rings. The Balaban J connectivity index is 1.26. The van der Waals surface area contributed by atoms with Gasteiger partial charge in [0.05, 0.1) is 17.3 Å². The number of nitrogens with one attached hydrogen (secondary N) is 2. The summed E-state index contributed by atoms with van der Waals surface area (Å²) in [6.45, 7) is 0.711. The second-order valence-corrected chi connectivity index (χ2v) is 12.0. The fourth-order valence-electron chi connectivity index (χ4n) is 4.79. The molecule has 2 aromatic rings. The van der Waals surface area contributed by atoms with Gasteiger partial charge in [0.1, 0.15) is 11.4 Å². The van der Waals surface area contributed by atoms with Gasteiger partial charge in [-0.2, -0.15) is 5.10 Å². The Morgan fingerprint density at radius 1 is 1.30 bits per heavy atom. The maximum atomic E-state index is 13.2. The predicted molar refractivity (Wildman–Crippen MR) is 135 cm³/mol. The minimum absolute atomic E-state index is 0.140. The van der Waals surface area contributed by atoms with Gasteiger partial charge in [0.15, 0.2) is 6.61 Å². The molecule has 0 radical (unpaired) electrons. The molecule has 2 amide bonds. The normalized spacial score (nSPS) is 23.1. The number of rotatable bonds is 11. The van der Waals surface area contributed by atoms with E-state index in [-0.39, 0.29) is 23.9 Å². The Hall–Kier alpha value is -2.82. The minimum atomic E-state index is -2.91. The van der Waals surface area contributed by atoms with Gasteiger partial charge in [0, 0.05) is 48.2 Å². The summed E-state index contributed by atoms with van der Waals surface area (Å²) in [4.78, 5) is 26.3. The average molecular weight is 535 g/mol. The Labute approximate surface area is 217 Å². The molecule has 1 aromatic carbocycles. The van der Waals surface area contributed by atoms with E-state index in [1.165, 1.54) is 12.8 Å². The van der Waals surface area contributed by atoms with Crippen molar-refractivity contribution in [2.75, 3.05) is 18.1 Å². The van der Waals surface area contributed by atoms with Crippen LogP contribution in [0.25, 0.3) is 0 Å². The van der Waals surface area contributed by atoms with Crippen LogP contribution in [0.1, 0.15) is 64.7 Å². The van der Waals surface area contributed by atoms with Gasteiger partial charge in [0.25, 0.3) is 17.7 Å². The number of nitrogens with zero attached hydrogens (tertiary/aromatic N) is 2. The van der Waals surface area contributed by atoms with E-state index in [0.717, 1.165) is 18.9 Å². The van der Waals surface area contributed by atoms with Crippen LogP contribution >= 0.6 is 0 Å². The lowest BCUT2D eigenvalue weighted by molar-refractivity contribution is -0.0229. The SMILES string of the molecule is CC(F)(F)COc1cccc(CCC2Cc3nn(CCC4CC4)c(C(=O)NC4CS(=O)C4)c3C(=O)N2)c1. The molecule has 0 spiro atoms. The van der Waals surface area contributed by atoms with E-state index in [1.54, 1.807) is 22.9 Å². The number of carbonyl (C=O) groups excluding carboxylic acids is 2. The summed E-state index contributed by atoms with van der Waals surface area (Å²) in [5.41, 5.74) is 2.17. The fraction of sp³-hybridized carbons (Fsp3) is 0.577. The van der Waals surface area contributed by atoms with Crippen molar-refractivity contribution in [2.24, 2.45) is 5.92 Å². The van der Waals surface area contributed by atoms with Gasteiger partial charge < -0.3 is 15.4 Å². The van der Waals surface area contributed by atoms with E-state index in [0.29, 0.717) is 65.9 Å². The molecule has 2 fully saturated rings. The first-order valence-electron chi connectivity index (χ1n) is 12.8. The predicted octanol–water partition coefficient (Wildman–Crippen LogP) is 2.87. The molecular formula is C26H32F2N4O4S. The van der Waals surface area contributed by atoms with Crippen LogP contribution in [0.2, 0.25) is 0 Å². The molecular weight excluding hydrogens is 502 g/mol. The van der Waals surface area contributed by atoms with E-state index in [1.807, 2.05) is 6.07 Å². The van der Waals surface area contributed by atoms with Crippen molar-refractivity contribution in [1.82, 2.24) is 20.4 Å². The van der Waals surface area contributed by atoms with Crippen molar-refractivity contribution < 1.29 is 27.3 Å². The zero-order valence-corrected chi connectivity index (χ0v) is 21.6. The number of carbonyl (C=O) groups is 2. The zero-order valence-electron chi connectivity index (χ0n) is 20.8. The topological polar surface area (TPSA) is 102 Å². The number of fused-ring (bicyclic) bond motifs is 1. The highest BCUT2D eigenvalue weighted by atomic mass is 32.2. The van der Waals surface area contributed by atoms with Crippen molar-refractivity contribution in [3.05, 3.63) is 46.8 Å². The van der Waals surface area contributed by atoms with Crippen LogP contribution in [-0.4, -0.2) is 61.9 Å². The Bertz CT molecular complexity index is 1200. The van der Waals surface area contributed by atoms with E-state index in [2.05, 4.69) is 10.6 Å². The molecule has 5 rings (SSSR count). The third kappa shape index (κ3) is 6.55. The number of ether oxygens (including phenoxy) is 1. The third-order valence-electron chi connectivity index (χ3n) is 6.97. The summed E-state index contributed by atoms with van der Waals surface area (Å²) in [6, 6.07) is 6.74. The van der Waals surface area contributed by atoms with E-state index in [4.69, 9.17) is 9.84 Å². The molecule has 200 valence electrons. The van der Waals surface area contributed by atoms with Crippen LogP contribution in [0.4, 0.5) is 8.78 Å². The lowest BCUT2D eigenvalue weighted by atomic mass is 9.95. The van der Waals surface area contributed by atoms with Gasteiger partial charge in [-0.3, -0.25) is 18.5 Å². The molecule has 1 atom stereocenters. The first-order chi connectivity index (χ1) is 17.6. The van der Waals surface area contributed by atoms with Gasteiger partial charge >= 0.3 is 0 Å². The van der Waals surface area contributed by atoms with E-state index in [9.17, 15) is 22.6 Å². The van der Waals surface area contributed by atoms with Gasteiger partial charge in [-0.1, -0.05) is 25.0 Å². The van der Waals surface area contributed by atoms with Gasteiger partial charge in [-0.05, 0) is 42.9 Å². The number of aromatic nitrogens is 2. The molecule has 0 bridgehead atoms. The number of hydrogen-bond donors (Lipinski definition) is 2. The number of hydrogen-bond acceptors (Lipinski definition) is 5. The molecule has 2 N–H and O–H groups in total. The number of alkyl halides is 2. The maximum absolute atomic E-state index is 13.2. The van der Waals surface area contributed by atoms with Crippen LogP contribution in [-0.2, 0) is 30.2 Å². The standard InChI is InChI=1S/C26H32F2N4O4S/c1-26(27,28)15-36-20-4-2-3-17(11-20)7-8-18-12-21-22(24(33)29-18)23(25(34)30-19-13-37(35)14-19)32(31-21)10-9-16-5-6-16/h2-4,11,16,18-19H,5-10,12-15H2,1H3,(H,29,33)(H,30,34). The Kier molecular flexibility index (Phi) is 7.33.